The largest absolute Gasteiger partial charge is 0.507 e. The molecule has 2 rings (SSSR count). The topological polar surface area (TPSA) is 201 Å². The van der Waals surface area contributed by atoms with E-state index in [1.54, 1.807) is 58.6 Å². The number of hydrogen-bond acceptors (Lipinski definition) is 10. The van der Waals surface area contributed by atoms with Crippen molar-refractivity contribution in [2.24, 2.45) is 17.3 Å². The van der Waals surface area contributed by atoms with E-state index in [4.69, 9.17) is 5.41 Å². The molecule has 1 aromatic carbocycles. The number of hydrogen-bond donors (Lipinski definition) is 4. The van der Waals surface area contributed by atoms with Crippen molar-refractivity contribution >= 4 is 74.0 Å². The highest BCUT2D eigenvalue weighted by atomic mass is 79.9. The Morgan fingerprint density at radius 1 is 1.05 bits per heavy atom. The van der Waals surface area contributed by atoms with Crippen LogP contribution in [0.25, 0.3) is 0 Å². The van der Waals surface area contributed by atoms with Gasteiger partial charge >= 0.3 is 0 Å². The first kappa shape index (κ1) is 49.2. The lowest BCUT2D eigenvalue weighted by Crippen LogP contribution is -2.57. The summed E-state index contributed by atoms with van der Waals surface area (Å²) in [5.74, 6) is -2.79. The van der Waals surface area contributed by atoms with Gasteiger partial charge in [-0.3, -0.25) is 39.0 Å². The van der Waals surface area contributed by atoms with Gasteiger partial charge in [0.15, 0.2) is 5.78 Å². The zero-order chi connectivity index (χ0) is 43.4. The van der Waals surface area contributed by atoms with E-state index in [1.807, 2.05) is 13.8 Å². The SMILES string of the molecule is CCCN(CC(=O)CC)C(=O)CN(C)C(=O)CNC(=O)[C@H](C)CSC(=N)[C@@H]1C[C@H](C)CN1C(=O)[C@@H](Cc1ccc(O)c(Br)c1)N(C)C(=O)[C@H](C)NC(=O)C(C)(C)C. The molecular formula is C40H62BrN7O8S. The summed E-state index contributed by atoms with van der Waals surface area (Å²) in [7, 11) is 2.98. The van der Waals surface area contributed by atoms with Crippen LogP contribution in [0.3, 0.4) is 0 Å². The summed E-state index contributed by atoms with van der Waals surface area (Å²) in [5.41, 5.74) is -0.0598. The van der Waals surface area contributed by atoms with Crippen LogP contribution >= 0.6 is 27.7 Å². The highest BCUT2D eigenvalue weighted by molar-refractivity contribution is 9.10. The third-order valence-corrected chi connectivity index (χ3v) is 11.7. The fourth-order valence-electron chi connectivity index (χ4n) is 6.09. The van der Waals surface area contributed by atoms with Gasteiger partial charge in [0.05, 0.1) is 35.2 Å². The summed E-state index contributed by atoms with van der Waals surface area (Å²) in [6.07, 6.45) is 1.58. The Hall–Kier alpha value is -3.99. The van der Waals surface area contributed by atoms with Crippen LogP contribution in [0.2, 0.25) is 0 Å². The Labute approximate surface area is 350 Å². The Morgan fingerprint density at radius 2 is 1.70 bits per heavy atom. The third-order valence-electron chi connectivity index (χ3n) is 9.79. The van der Waals surface area contributed by atoms with Crippen molar-refractivity contribution in [3.05, 3.63) is 28.2 Å². The second kappa shape index (κ2) is 22.2. The number of likely N-dealkylation sites (tertiary alicyclic amines) is 1. The van der Waals surface area contributed by atoms with Crippen LogP contribution in [0.1, 0.15) is 80.2 Å². The van der Waals surface area contributed by atoms with Gasteiger partial charge in [-0.25, -0.2) is 0 Å². The molecule has 0 radical (unpaired) electrons. The van der Waals surface area contributed by atoms with Gasteiger partial charge in [-0.2, -0.15) is 0 Å². The van der Waals surface area contributed by atoms with Crippen molar-refractivity contribution in [3.8, 4) is 5.75 Å². The van der Waals surface area contributed by atoms with Gasteiger partial charge in [-0.05, 0) is 59.3 Å². The summed E-state index contributed by atoms with van der Waals surface area (Å²) >= 11 is 4.46. The molecule has 6 amide bonds. The molecule has 1 aliphatic heterocycles. The van der Waals surface area contributed by atoms with Crippen LogP contribution in [-0.2, 0) is 40.0 Å². The summed E-state index contributed by atoms with van der Waals surface area (Å²) in [6.45, 7) is 14.2. The van der Waals surface area contributed by atoms with Crippen molar-refractivity contribution < 1.29 is 38.7 Å². The lowest BCUT2D eigenvalue weighted by molar-refractivity contribution is -0.146. The molecule has 1 aromatic rings. The monoisotopic (exact) mass is 879 g/mol. The molecule has 17 heteroatoms. The third kappa shape index (κ3) is 14.7. The summed E-state index contributed by atoms with van der Waals surface area (Å²) < 4.78 is 0.428. The fourth-order valence-corrected chi connectivity index (χ4v) is 7.51. The Morgan fingerprint density at radius 3 is 2.28 bits per heavy atom. The number of aromatic hydroxyl groups is 1. The van der Waals surface area contributed by atoms with Crippen LogP contribution in [0, 0.1) is 22.7 Å². The molecule has 57 heavy (non-hydrogen) atoms. The normalized spacial score (nSPS) is 16.9. The number of nitrogens with zero attached hydrogens (tertiary/aromatic N) is 4. The molecule has 1 heterocycles. The minimum atomic E-state index is -1.00. The van der Waals surface area contributed by atoms with Gasteiger partial charge in [-0.1, -0.05) is 54.5 Å². The first-order valence-corrected chi connectivity index (χ1v) is 21.2. The number of carbonyl (C=O) groups excluding carboxylic acids is 7. The lowest BCUT2D eigenvalue weighted by Gasteiger charge is -2.35. The van der Waals surface area contributed by atoms with E-state index < -0.39 is 47.2 Å². The Balaban J connectivity index is 2.13. The van der Waals surface area contributed by atoms with Crippen LogP contribution in [0.5, 0.6) is 5.75 Å². The molecule has 0 spiro atoms. The van der Waals surface area contributed by atoms with E-state index in [1.165, 1.54) is 34.9 Å². The van der Waals surface area contributed by atoms with Crippen molar-refractivity contribution in [1.82, 2.24) is 30.2 Å². The zero-order valence-electron chi connectivity index (χ0n) is 35.1. The Bertz CT molecular complexity index is 1650. The number of phenolic OH excluding ortho intramolecular Hbond substituents is 1. The minimum absolute atomic E-state index is 0.00883. The predicted molar refractivity (Wildman–Crippen MR) is 225 cm³/mol. The average molecular weight is 881 g/mol. The zero-order valence-corrected chi connectivity index (χ0v) is 37.5. The number of carbonyl (C=O) groups is 7. The van der Waals surface area contributed by atoms with Gasteiger partial charge in [0, 0.05) is 57.1 Å². The number of ketones is 1. The summed E-state index contributed by atoms with van der Waals surface area (Å²) in [6, 6.07) is 2.32. The first-order chi connectivity index (χ1) is 26.5. The fraction of sp³-hybridized carbons (Fsp3) is 0.650. The number of Topliss-reactive ketones (excluding diaryl/α,β-unsaturated/α-hetero) is 1. The van der Waals surface area contributed by atoms with Gasteiger partial charge in [0.1, 0.15) is 17.8 Å². The summed E-state index contributed by atoms with van der Waals surface area (Å²) in [5, 5.41) is 24.6. The van der Waals surface area contributed by atoms with E-state index in [0.717, 1.165) is 11.8 Å². The second-order valence-electron chi connectivity index (χ2n) is 16.0. The van der Waals surface area contributed by atoms with Crippen molar-refractivity contribution in [2.75, 3.05) is 52.6 Å². The first-order valence-electron chi connectivity index (χ1n) is 19.4. The molecule has 0 aromatic heterocycles. The number of rotatable bonds is 19. The number of halogens is 1. The number of nitrogens with one attached hydrogen (secondary N) is 3. The molecule has 318 valence electrons. The number of amides is 6. The number of thioether (sulfide) groups is 1. The number of phenols is 1. The van der Waals surface area contributed by atoms with Crippen molar-refractivity contribution in [1.29, 1.82) is 5.41 Å². The van der Waals surface area contributed by atoms with Crippen LogP contribution in [-0.4, -0.2) is 142 Å². The maximum Gasteiger partial charge on any atom is 0.246 e. The Kier molecular flexibility index (Phi) is 19.2. The molecular weight excluding hydrogens is 818 g/mol. The van der Waals surface area contributed by atoms with E-state index in [9.17, 15) is 38.7 Å². The minimum Gasteiger partial charge on any atom is -0.507 e. The average Bonchev–Trinajstić information content (AvgIpc) is 3.55. The van der Waals surface area contributed by atoms with Gasteiger partial charge in [0.2, 0.25) is 35.4 Å². The van der Waals surface area contributed by atoms with Crippen molar-refractivity contribution in [3.63, 3.8) is 0 Å². The van der Waals surface area contributed by atoms with Crippen LogP contribution in [0.15, 0.2) is 22.7 Å². The van der Waals surface area contributed by atoms with Crippen LogP contribution < -0.4 is 10.6 Å². The molecule has 15 nitrogen and oxygen atoms in total. The van der Waals surface area contributed by atoms with E-state index in [-0.39, 0.29) is 72.0 Å². The lowest BCUT2D eigenvalue weighted by atomic mass is 9.95. The van der Waals surface area contributed by atoms with Crippen molar-refractivity contribution in [2.45, 2.75) is 99.2 Å². The molecule has 0 saturated carbocycles. The van der Waals surface area contributed by atoms with Crippen LogP contribution in [0.4, 0.5) is 0 Å². The quantitative estimate of drug-likeness (QED) is 0.119. The molecule has 0 unspecified atom stereocenters. The van der Waals surface area contributed by atoms with Gasteiger partial charge < -0.3 is 35.3 Å². The molecule has 0 bridgehead atoms. The molecule has 4 N–H and O–H groups in total. The molecule has 5 atom stereocenters. The predicted octanol–water partition coefficient (Wildman–Crippen LogP) is 3.45. The standard InChI is InChI=1S/C40H62BrN7O8S/c1-11-15-47(21-28(49)12-2)34(52)22-45(9)33(51)19-43-36(53)25(4)23-57-35(42)30-16-24(3)20-48(30)38(55)31(18-27-13-14-32(50)29(41)17-27)46(10)37(54)26(5)44-39(56)40(6,7)8/h13-14,17,24-26,30-31,42,50H,11-12,15-16,18-23H2,1-10H3,(H,43,53)(H,44,56)/t24-,25+,26-,30-,31+/m0/s1. The molecule has 1 saturated heterocycles. The van der Waals surface area contributed by atoms with Gasteiger partial charge in [-0.15, -0.1) is 11.8 Å². The number of benzene rings is 1. The van der Waals surface area contributed by atoms with E-state index in [0.29, 0.717) is 42.4 Å². The smallest absolute Gasteiger partial charge is 0.246 e. The maximum absolute atomic E-state index is 14.5. The number of likely N-dealkylation sites (N-methyl/N-ethyl adjacent to an activating group) is 2. The van der Waals surface area contributed by atoms with Gasteiger partial charge in [0.25, 0.3) is 0 Å². The molecule has 1 fully saturated rings. The highest BCUT2D eigenvalue weighted by Crippen LogP contribution is 2.31. The van der Waals surface area contributed by atoms with E-state index in [2.05, 4.69) is 26.6 Å². The molecule has 0 aliphatic carbocycles. The molecule has 1 aliphatic rings. The maximum atomic E-state index is 14.5. The highest BCUT2D eigenvalue weighted by Gasteiger charge is 2.42. The summed E-state index contributed by atoms with van der Waals surface area (Å²) in [4.78, 5) is 97.0. The van der Waals surface area contributed by atoms with E-state index >= 15 is 0 Å². The second-order valence-corrected chi connectivity index (χ2v) is 17.9.